The van der Waals surface area contributed by atoms with E-state index in [1.54, 1.807) is 36.4 Å². The summed E-state index contributed by atoms with van der Waals surface area (Å²) >= 11 is 0. The van der Waals surface area contributed by atoms with Gasteiger partial charge in [0.2, 0.25) is 0 Å². The molecular weight excluding hydrogens is 342 g/mol. The van der Waals surface area contributed by atoms with E-state index in [1.165, 1.54) is 0 Å². The number of benzene rings is 2. The summed E-state index contributed by atoms with van der Waals surface area (Å²) in [6, 6.07) is 13.2. The number of amides is 2. The third-order valence-electron chi connectivity index (χ3n) is 4.02. The molecule has 0 radical (unpaired) electrons. The highest BCUT2D eigenvalue weighted by Gasteiger charge is 2.32. The van der Waals surface area contributed by atoms with Crippen molar-refractivity contribution in [1.82, 2.24) is 10.4 Å². The quantitative estimate of drug-likeness (QED) is 0.429. The summed E-state index contributed by atoms with van der Waals surface area (Å²) in [4.78, 5) is 23.8. The number of hydrogen-bond donors (Lipinski definition) is 3. The van der Waals surface area contributed by atoms with Gasteiger partial charge in [-0.25, -0.2) is 5.06 Å². The zero-order valence-corrected chi connectivity index (χ0v) is 14.4. The Balaban J connectivity index is 1.60. The molecule has 27 heavy (non-hydrogen) atoms. The number of nitrogens with one attached hydrogen (secondary N) is 1. The molecule has 2 amide bonds. The van der Waals surface area contributed by atoms with Crippen LogP contribution in [0.3, 0.4) is 0 Å². The van der Waals surface area contributed by atoms with Gasteiger partial charge in [0.15, 0.2) is 0 Å². The number of anilines is 1. The maximum Gasteiger partial charge on any atom is 0.268 e. The molecule has 0 aliphatic carbocycles. The van der Waals surface area contributed by atoms with Crippen molar-refractivity contribution in [3.63, 3.8) is 0 Å². The van der Waals surface area contributed by atoms with Crippen LogP contribution in [0.1, 0.15) is 27.9 Å². The van der Waals surface area contributed by atoms with Gasteiger partial charge in [0.1, 0.15) is 6.04 Å². The molecule has 0 spiro atoms. The van der Waals surface area contributed by atoms with Gasteiger partial charge in [-0.2, -0.15) is 0 Å². The molecule has 1 saturated heterocycles. The van der Waals surface area contributed by atoms with Gasteiger partial charge in [0.25, 0.3) is 11.8 Å². The van der Waals surface area contributed by atoms with Crippen molar-refractivity contribution in [3.05, 3.63) is 65.2 Å². The Bertz CT molecular complexity index is 974. The number of rotatable bonds is 2. The summed E-state index contributed by atoms with van der Waals surface area (Å²) in [5, 5.41) is 12.5. The predicted octanol–water partition coefficient (Wildman–Crippen LogP) is 1.39. The lowest BCUT2D eigenvalue weighted by atomic mass is 10.1. The highest BCUT2D eigenvalue weighted by molar-refractivity contribution is 5.97. The molecule has 1 aliphatic heterocycles. The third-order valence-corrected chi connectivity index (χ3v) is 4.02. The number of nitrogens with two attached hydrogens (primary N) is 1. The monoisotopic (exact) mass is 359 g/mol. The van der Waals surface area contributed by atoms with E-state index in [9.17, 15) is 14.8 Å². The van der Waals surface area contributed by atoms with Crippen LogP contribution in [-0.2, 0) is 4.79 Å². The van der Waals surface area contributed by atoms with Crippen LogP contribution in [0.2, 0.25) is 0 Å². The van der Waals surface area contributed by atoms with Gasteiger partial charge in [-0.15, -0.1) is 0 Å². The topological polar surface area (TPSA) is 95.7 Å². The maximum atomic E-state index is 12.2. The van der Waals surface area contributed by atoms with Gasteiger partial charge in [-0.05, 0) is 66.8 Å². The summed E-state index contributed by atoms with van der Waals surface area (Å²) < 4.78 is 0. The average molecular weight is 359 g/mol. The smallest absolute Gasteiger partial charge is 0.268 e. The van der Waals surface area contributed by atoms with Crippen LogP contribution in [-0.4, -0.2) is 34.7 Å². The Morgan fingerprint density at radius 2 is 1.59 bits per heavy atom. The molecule has 1 atom stereocenters. The van der Waals surface area contributed by atoms with Crippen molar-refractivity contribution in [2.24, 2.45) is 0 Å². The minimum absolute atomic E-state index is 0.218. The molecule has 1 unspecified atom stereocenters. The third kappa shape index (κ3) is 4.66. The van der Waals surface area contributed by atoms with E-state index in [0.717, 1.165) is 11.1 Å². The fraction of sp³-hybridized carbons (Fsp3) is 0.143. The van der Waals surface area contributed by atoms with Crippen molar-refractivity contribution in [1.29, 1.82) is 0 Å². The second-order valence-corrected chi connectivity index (χ2v) is 5.98. The summed E-state index contributed by atoms with van der Waals surface area (Å²) in [5.41, 5.74) is 8.26. The second kappa shape index (κ2) is 8.09. The van der Waals surface area contributed by atoms with E-state index in [2.05, 4.69) is 29.0 Å². The van der Waals surface area contributed by atoms with E-state index in [-0.39, 0.29) is 12.5 Å². The highest BCUT2D eigenvalue weighted by atomic mass is 16.5. The Labute approximate surface area is 156 Å². The minimum Gasteiger partial charge on any atom is -0.399 e. The molecule has 6 nitrogen and oxygen atoms in total. The number of nitrogen functional groups attached to an aromatic ring is 1. The number of nitrogens with zero attached hydrogens (tertiary/aromatic N) is 1. The number of hydroxylamine groups is 2. The lowest BCUT2D eigenvalue weighted by Crippen LogP contribution is -2.40. The standard InChI is InChI=1S/C21H17N3O3/c22-18-11-7-16(8-12-18)4-2-1-3-15-5-9-17(10-6-15)20(25)23-19-13-14-24(27)21(19)26/h5-12,19,27H,13-14,22H2,(H,23,25). The van der Waals surface area contributed by atoms with Crippen LogP contribution >= 0.6 is 0 Å². The van der Waals surface area contributed by atoms with Gasteiger partial charge in [0.05, 0.1) is 6.54 Å². The first-order chi connectivity index (χ1) is 13.0. The Kier molecular flexibility index (Phi) is 5.41. The van der Waals surface area contributed by atoms with Gasteiger partial charge in [-0.1, -0.05) is 11.8 Å². The van der Waals surface area contributed by atoms with Crippen molar-refractivity contribution in [2.45, 2.75) is 12.5 Å². The fourth-order valence-electron chi connectivity index (χ4n) is 2.52. The molecular formula is C21H17N3O3. The molecule has 3 rings (SSSR count). The molecule has 1 heterocycles. The van der Waals surface area contributed by atoms with Crippen LogP contribution in [0.5, 0.6) is 0 Å². The molecule has 6 heteroatoms. The van der Waals surface area contributed by atoms with Crippen LogP contribution in [0.4, 0.5) is 5.69 Å². The summed E-state index contributed by atoms with van der Waals surface area (Å²) in [6.45, 7) is 0.218. The first kappa shape index (κ1) is 18.1. The Morgan fingerprint density at radius 1 is 1.04 bits per heavy atom. The highest BCUT2D eigenvalue weighted by Crippen LogP contribution is 2.10. The van der Waals surface area contributed by atoms with E-state index in [4.69, 9.17) is 5.73 Å². The molecule has 1 fully saturated rings. The molecule has 2 aromatic carbocycles. The zero-order valence-electron chi connectivity index (χ0n) is 14.4. The minimum atomic E-state index is -0.689. The Morgan fingerprint density at radius 3 is 2.11 bits per heavy atom. The van der Waals surface area contributed by atoms with E-state index < -0.39 is 11.9 Å². The Hall–Kier alpha value is -3.74. The van der Waals surface area contributed by atoms with Gasteiger partial charge in [-0.3, -0.25) is 14.8 Å². The number of hydrogen-bond acceptors (Lipinski definition) is 4. The maximum absolute atomic E-state index is 12.2. The van der Waals surface area contributed by atoms with E-state index in [1.807, 2.05) is 12.1 Å². The van der Waals surface area contributed by atoms with Gasteiger partial charge >= 0.3 is 0 Å². The molecule has 0 bridgehead atoms. The molecule has 0 saturated carbocycles. The largest absolute Gasteiger partial charge is 0.399 e. The average Bonchev–Trinajstić information content (AvgIpc) is 2.99. The first-order valence-corrected chi connectivity index (χ1v) is 8.32. The van der Waals surface area contributed by atoms with Crippen LogP contribution in [0.15, 0.2) is 48.5 Å². The predicted molar refractivity (Wildman–Crippen MR) is 100 cm³/mol. The van der Waals surface area contributed by atoms with Crippen molar-refractivity contribution in [2.75, 3.05) is 12.3 Å². The van der Waals surface area contributed by atoms with E-state index >= 15 is 0 Å². The second-order valence-electron chi connectivity index (χ2n) is 5.98. The molecule has 2 aromatic rings. The van der Waals surface area contributed by atoms with Crippen LogP contribution < -0.4 is 11.1 Å². The van der Waals surface area contributed by atoms with Crippen molar-refractivity contribution in [3.8, 4) is 23.7 Å². The normalized spacial score (nSPS) is 15.4. The molecule has 1 aliphatic rings. The van der Waals surface area contributed by atoms with Crippen molar-refractivity contribution >= 4 is 17.5 Å². The van der Waals surface area contributed by atoms with Crippen molar-refractivity contribution < 1.29 is 14.8 Å². The van der Waals surface area contributed by atoms with Gasteiger partial charge < -0.3 is 11.1 Å². The summed E-state index contributed by atoms with van der Waals surface area (Å²) in [6.07, 6.45) is 0.386. The lowest BCUT2D eigenvalue weighted by molar-refractivity contribution is -0.158. The first-order valence-electron chi connectivity index (χ1n) is 8.32. The van der Waals surface area contributed by atoms with E-state index in [0.29, 0.717) is 22.7 Å². The molecule has 4 N–H and O–H groups in total. The summed E-state index contributed by atoms with van der Waals surface area (Å²) in [5.74, 6) is 10.5. The number of carbonyl (C=O) groups excluding carboxylic acids is 2. The van der Waals surface area contributed by atoms with Gasteiger partial charge in [0, 0.05) is 22.4 Å². The fourth-order valence-corrected chi connectivity index (χ4v) is 2.52. The molecule has 0 aromatic heterocycles. The molecule has 134 valence electrons. The van der Waals surface area contributed by atoms with Crippen LogP contribution in [0, 0.1) is 23.7 Å². The zero-order chi connectivity index (χ0) is 19.2. The lowest BCUT2D eigenvalue weighted by Gasteiger charge is -2.11. The number of carbonyl (C=O) groups is 2. The summed E-state index contributed by atoms with van der Waals surface area (Å²) in [7, 11) is 0. The van der Waals surface area contributed by atoms with Crippen LogP contribution in [0.25, 0.3) is 0 Å². The SMILES string of the molecule is Nc1ccc(C#CC#Cc2ccc(C(=O)NC3CCN(O)C3=O)cc2)cc1.